The summed E-state index contributed by atoms with van der Waals surface area (Å²) < 4.78 is 0. The fourth-order valence-corrected chi connectivity index (χ4v) is 3.35. The average molecular weight is 444 g/mol. The summed E-state index contributed by atoms with van der Waals surface area (Å²) >= 11 is 0. The Morgan fingerprint density at radius 2 is 0.867 bits per heavy atom. The molecule has 0 aliphatic rings. The first-order valence-electron chi connectivity index (χ1n) is 11.1. The molecule has 0 fully saturated rings. The smallest absolute Gasteiger partial charge is 0.548 e. The van der Waals surface area contributed by atoms with E-state index in [4.69, 9.17) is 0 Å². The van der Waals surface area contributed by atoms with Gasteiger partial charge in [0.25, 0.3) is 0 Å². The van der Waals surface area contributed by atoms with Gasteiger partial charge in [-0.05, 0) is 6.42 Å². The molecule has 0 unspecified atom stereocenters. The fourth-order valence-electron chi connectivity index (χ4n) is 3.35. The molecule has 8 heteroatoms. The van der Waals surface area contributed by atoms with Crippen molar-refractivity contribution >= 4 is 17.8 Å². The Morgan fingerprint density at radius 3 is 1.17 bits per heavy atom. The summed E-state index contributed by atoms with van der Waals surface area (Å²) in [4.78, 5) is 33.8. The summed E-state index contributed by atoms with van der Waals surface area (Å²) in [5.74, 6) is -3.40. The molecule has 0 aromatic heterocycles. The molecule has 6 nitrogen and oxygen atoms in total. The van der Waals surface area contributed by atoms with Crippen molar-refractivity contribution in [3.63, 3.8) is 0 Å². The van der Waals surface area contributed by atoms with Crippen LogP contribution in [0.4, 0.5) is 0 Å². The van der Waals surface area contributed by atoms with Gasteiger partial charge < -0.3 is 24.7 Å². The summed E-state index contributed by atoms with van der Waals surface area (Å²) in [5, 5.41) is 21.2. The zero-order chi connectivity index (χ0) is 21.0. The number of unbranched alkanes of at least 4 members (excludes halogenated alkanes) is 14. The predicted octanol–water partition coefficient (Wildman–Crippen LogP) is -3.42. The van der Waals surface area contributed by atoms with Crippen LogP contribution in [0.3, 0.4) is 0 Å². The molecule has 0 saturated heterocycles. The first-order valence-corrected chi connectivity index (χ1v) is 11.1. The summed E-state index contributed by atoms with van der Waals surface area (Å²) in [6.45, 7) is 0.838. The van der Waals surface area contributed by atoms with Crippen molar-refractivity contribution in [3.05, 3.63) is 0 Å². The second kappa shape index (κ2) is 25.7. The zero-order valence-corrected chi connectivity index (χ0v) is 23.7. The molecular formula is C22H39NNa2O5. The minimum Gasteiger partial charge on any atom is -0.548 e. The van der Waals surface area contributed by atoms with E-state index in [1.54, 1.807) is 0 Å². The van der Waals surface area contributed by atoms with Crippen LogP contribution < -0.4 is 69.3 Å². The maximum Gasteiger partial charge on any atom is 1.00 e. The van der Waals surface area contributed by atoms with Gasteiger partial charge in [-0.1, -0.05) is 96.8 Å². The predicted molar refractivity (Wildman–Crippen MR) is 106 cm³/mol. The quantitative estimate of drug-likeness (QED) is 0.144. The maximum absolute atomic E-state index is 11.9. The van der Waals surface area contributed by atoms with Gasteiger partial charge in [-0.25, -0.2) is 0 Å². The van der Waals surface area contributed by atoms with Crippen LogP contribution in [0.2, 0.25) is 0 Å². The van der Waals surface area contributed by atoms with Crippen LogP contribution >= 0.6 is 0 Å². The Hall–Kier alpha value is 0.410. The van der Waals surface area contributed by atoms with E-state index < -0.39 is 30.9 Å². The van der Waals surface area contributed by atoms with Crippen LogP contribution in [0.15, 0.2) is 0 Å². The Morgan fingerprint density at radius 1 is 0.567 bits per heavy atom. The summed E-state index contributed by atoms with van der Waals surface area (Å²) in [6.07, 6.45) is 18.5. The third-order valence-electron chi connectivity index (χ3n) is 4.99. The Labute approximate surface area is 227 Å². The van der Waals surface area contributed by atoms with Crippen LogP contribution in [-0.2, 0) is 14.4 Å². The van der Waals surface area contributed by atoms with Crippen LogP contribution in [0, 0.1) is 0 Å². The second-order valence-corrected chi connectivity index (χ2v) is 7.69. The van der Waals surface area contributed by atoms with E-state index in [0.29, 0.717) is 6.42 Å². The van der Waals surface area contributed by atoms with Gasteiger partial charge in [0.2, 0.25) is 5.91 Å². The number of carbonyl (C=O) groups is 3. The van der Waals surface area contributed by atoms with E-state index in [0.717, 1.165) is 24.2 Å². The first kappa shape index (κ1) is 35.0. The van der Waals surface area contributed by atoms with Crippen LogP contribution in [0.5, 0.6) is 0 Å². The number of nitrogens with zero attached hydrogens (tertiary/aromatic N) is 1. The maximum atomic E-state index is 11.9. The third-order valence-corrected chi connectivity index (χ3v) is 4.99. The van der Waals surface area contributed by atoms with E-state index >= 15 is 0 Å². The molecule has 0 aliphatic heterocycles. The molecule has 0 N–H and O–H groups in total. The number of carboxylic acid groups (broad SMARTS) is 2. The standard InChI is InChI=1S/C22H41NO5.2Na/c1-2-3-4-5-6-7-8-9-10-11-12-13-14-15-16-17-20(24)23(18-21(25)26)19-22(27)28;;/h2-19H2,1H3,(H,25,26)(H,27,28);;/q;2*+1/p-2. The monoisotopic (exact) mass is 443 g/mol. The fraction of sp³-hybridized carbons (Fsp3) is 0.864. The van der Waals surface area contributed by atoms with E-state index in [1.807, 2.05) is 0 Å². The van der Waals surface area contributed by atoms with Crippen molar-refractivity contribution in [3.8, 4) is 0 Å². The van der Waals surface area contributed by atoms with Gasteiger partial charge in [0.1, 0.15) is 0 Å². The molecule has 0 aromatic carbocycles. The Balaban J connectivity index is -0.00000364. The molecule has 0 spiro atoms. The summed E-state index contributed by atoms with van der Waals surface area (Å²) in [6, 6.07) is 0. The first-order chi connectivity index (χ1) is 13.5. The van der Waals surface area contributed by atoms with Crippen molar-refractivity contribution in [1.29, 1.82) is 0 Å². The van der Waals surface area contributed by atoms with Crippen molar-refractivity contribution in [1.82, 2.24) is 4.90 Å². The number of aliphatic carboxylic acids is 2. The van der Waals surface area contributed by atoms with Crippen LogP contribution in [-0.4, -0.2) is 35.8 Å². The number of hydrogen-bond acceptors (Lipinski definition) is 5. The average Bonchev–Trinajstić information content (AvgIpc) is 2.63. The van der Waals surface area contributed by atoms with Crippen molar-refractivity contribution in [2.45, 2.75) is 110 Å². The van der Waals surface area contributed by atoms with Crippen molar-refractivity contribution < 1.29 is 83.7 Å². The van der Waals surface area contributed by atoms with Gasteiger partial charge in [0.15, 0.2) is 0 Å². The van der Waals surface area contributed by atoms with Gasteiger partial charge in [0, 0.05) is 6.42 Å². The van der Waals surface area contributed by atoms with E-state index in [2.05, 4.69) is 6.92 Å². The molecule has 0 bridgehead atoms. The van der Waals surface area contributed by atoms with Gasteiger partial charge >= 0.3 is 59.1 Å². The molecule has 0 atom stereocenters. The van der Waals surface area contributed by atoms with Gasteiger partial charge in [0.05, 0.1) is 25.0 Å². The molecule has 0 aliphatic carbocycles. The number of carbonyl (C=O) groups excluding carboxylic acids is 3. The number of rotatable bonds is 20. The second-order valence-electron chi connectivity index (χ2n) is 7.69. The van der Waals surface area contributed by atoms with Crippen LogP contribution in [0.25, 0.3) is 0 Å². The number of amides is 1. The van der Waals surface area contributed by atoms with E-state index in [1.165, 1.54) is 70.6 Å². The molecule has 1 amide bonds. The minimum atomic E-state index is -1.47. The number of hydrogen-bond donors (Lipinski definition) is 0. The minimum absolute atomic E-state index is 0. The topological polar surface area (TPSA) is 101 Å². The third kappa shape index (κ3) is 24.7. The van der Waals surface area contributed by atoms with Crippen molar-refractivity contribution in [2.75, 3.05) is 13.1 Å². The largest absolute Gasteiger partial charge is 1.00 e. The molecule has 0 radical (unpaired) electrons. The SMILES string of the molecule is CCCCCCCCCCCCCCCCCC(=O)N(CC(=O)[O-])CC(=O)[O-].[Na+].[Na+]. The van der Waals surface area contributed by atoms with Crippen molar-refractivity contribution in [2.24, 2.45) is 0 Å². The van der Waals surface area contributed by atoms with Crippen LogP contribution in [0.1, 0.15) is 110 Å². The van der Waals surface area contributed by atoms with E-state index in [-0.39, 0.29) is 65.5 Å². The molecule has 0 saturated carbocycles. The molecular weight excluding hydrogens is 404 g/mol. The molecule has 30 heavy (non-hydrogen) atoms. The van der Waals surface area contributed by atoms with E-state index in [9.17, 15) is 24.6 Å². The Kier molecular flexibility index (Phi) is 30.0. The summed E-state index contributed by atoms with van der Waals surface area (Å²) in [7, 11) is 0. The molecule has 0 heterocycles. The number of carboxylic acids is 2. The molecule has 0 rings (SSSR count). The van der Waals surface area contributed by atoms with Gasteiger partial charge in [-0.2, -0.15) is 0 Å². The zero-order valence-electron chi connectivity index (χ0n) is 19.7. The van der Waals surface area contributed by atoms with Gasteiger partial charge in [-0.3, -0.25) is 4.79 Å². The molecule has 164 valence electrons. The summed E-state index contributed by atoms with van der Waals surface area (Å²) in [5.41, 5.74) is 0. The molecule has 0 aromatic rings. The Bertz CT molecular complexity index is 420. The van der Waals surface area contributed by atoms with Gasteiger partial charge in [-0.15, -0.1) is 0 Å². The normalized spacial score (nSPS) is 10.0.